The number of pyridine rings is 2. The number of amides is 1. The molecule has 1 fully saturated rings. The van der Waals surface area contributed by atoms with E-state index in [0.717, 1.165) is 19.4 Å². The van der Waals surface area contributed by atoms with Crippen LogP contribution < -0.4 is 0 Å². The van der Waals surface area contributed by atoms with E-state index in [9.17, 15) is 4.79 Å². The van der Waals surface area contributed by atoms with Gasteiger partial charge in [-0.15, -0.1) is 0 Å². The zero-order valence-corrected chi connectivity index (χ0v) is 13.6. The highest BCUT2D eigenvalue weighted by Crippen LogP contribution is 2.27. The lowest BCUT2D eigenvalue weighted by Gasteiger charge is -2.31. The Kier molecular flexibility index (Phi) is 4.20. The smallest absolute Gasteiger partial charge is 0.276 e. The summed E-state index contributed by atoms with van der Waals surface area (Å²) in [5.41, 5.74) is 1.26. The van der Waals surface area contributed by atoms with Crippen molar-refractivity contribution in [1.29, 1.82) is 0 Å². The minimum Gasteiger partial charge on any atom is -0.338 e. The lowest BCUT2D eigenvalue weighted by Crippen LogP contribution is -2.39. The normalized spacial score (nSPS) is 17.4. The molecule has 25 heavy (non-hydrogen) atoms. The number of hydrogen-bond donors (Lipinski definition) is 0. The molecule has 0 unspecified atom stereocenters. The Bertz CT molecular complexity index is 850. The van der Waals surface area contributed by atoms with Crippen molar-refractivity contribution < 1.29 is 9.32 Å². The van der Waals surface area contributed by atoms with Gasteiger partial charge in [-0.05, 0) is 37.1 Å². The Hall–Kier alpha value is -3.09. The maximum atomic E-state index is 12.6. The quantitative estimate of drug-likeness (QED) is 0.731. The summed E-state index contributed by atoms with van der Waals surface area (Å²) in [6.07, 6.45) is 6.78. The molecule has 0 aliphatic carbocycles. The van der Waals surface area contributed by atoms with E-state index in [1.54, 1.807) is 30.7 Å². The van der Waals surface area contributed by atoms with Crippen LogP contribution >= 0.6 is 0 Å². The van der Waals surface area contributed by atoms with Gasteiger partial charge in [0.05, 0.1) is 5.56 Å². The van der Waals surface area contributed by atoms with Crippen molar-refractivity contribution in [3.05, 3.63) is 60.3 Å². The highest BCUT2D eigenvalue weighted by atomic mass is 16.5. The predicted octanol–water partition coefficient (Wildman–Crippen LogP) is 2.55. The molecule has 1 amide bonds. The molecule has 0 N–H and O–H groups in total. The maximum Gasteiger partial charge on any atom is 0.276 e. The van der Waals surface area contributed by atoms with Crippen LogP contribution in [-0.4, -0.2) is 44.0 Å². The van der Waals surface area contributed by atoms with Crippen LogP contribution in [0.5, 0.6) is 0 Å². The fraction of sp³-hybridized carbons (Fsp3) is 0.278. The summed E-state index contributed by atoms with van der Waals surface area (Å²) < 4.78 is 5.35. The molecule has 1 aliphatic heterocycles. The number of likely N-dealkylation sites (tertiary alicyclic amines) is 1. The first-order chi connectivity index (χ1) is 12.3. The number of piperidine rings is 1. The summed E-state index contributed by atoms with van der Waals surface area (Å²) in [7, 11) is 0. The van der Waals surface area contributed by atoms with Gasteiger partial charge in [-0.25, -0.2) is 0 Å². The lowest BCUT2D eigenvalue weighted by molar-refractivity contribution is 0.0703. The standard InChI is InChI=1S/C18H17N5O2/c24-18(13-5-3-8-19-11-13)23-10-4-6-14(12-23)16-21-17(25-22-16)15-7-1-2-9-20-15/h1-3,5,7-9,11,14H,4,6,10,12H2/t14-/m0/s1. The first kappa shape index (κ1) is 15.4. The lowest BCUT2D eigenvalue weighted by atomic mass is 9.97. The third-order valence-corrected chi connectivity index (χ3v) is 4.31. The number of nitrogens with zero attached hydrogens (tertiary/aromatic N) is 5. The number of rotatable bonds is 3. The van der Waals surface area contributed by atoms with Crippen molar-refractivity contribution in [3.63, 3.8) is 0 Å². The van der Waals surface area contributed by atoms with Crippen molar-refractivity contribution in [2.45, 2.75) is 18.8 Å². The Morgan fingerprint density at radius 3 is 2.96 bits per heavy atom. The minimum absolute atomic E-state index is 0.00811. The van der Waals surface area contributed by atoms with Crippen molar-refractivity contribution in [2.75, 3.05) is 13.1 Å². The van der Waals surface area contributed by atoms with Gasteiger partial charge in [-0.3, -0.25) is 14.8 Å². The molecule has 1 saturated heterocycles. The van der Waals surface area contributed by atoms with E-state index < -0.39 is 0 Å². The second-order valence-electron chi connectivity index (χ2n) is 6.00. The van der Waals surface area contributed by atoms with Crippen LogP contribution in [0.25, 0.3) is 11.6 Å². The van der Waals surface area contributed by atoms with E-state index in [-0.39, 0.29) is 11.8 Å². The molecule has 1 aliphatic rings. The minimum atomic E-state index is -0.00811. The first-order valence-electron chi connectivity index (χ1n) is 8.25. The third-order valence-electron chi connectivity index (χ3n) is 4.31. The van der Waals surface area contributed by atoms with E-state index in [0.29, 0.717) is 29.5 Å². The van der Waals surface area contributed by atoms with Crippen LogP contribution in [0.15, 0.2) is 53.4 Å². The Balaban J connectivity index is 1.50. The van der Waals surface area contributed by atoms with Crippen LogP contribution in [0.3, 0.4) is 0 Å². The van der Waals surface area contributed by atoms with Gasteiger partial charge in [0.2, 0.25) is 0 Å². The molecule has 1 atom stereocenters. The van der Waals surface area contributed by atoms with Gasteiger partial charge in [0, 0.05) is 37.6 Å². The zero-order chi connectivity index (χ0) is 17.1. The van der Waals surface area contributed by atoms with Crippen molar-refractivity contribution in [2.24, 2.45) is 0 Å². The highest BCUT2D eigenvalue weighted by molar-refractivity contribution is 5.93. The number of aromatic nitrogens is 4. The van der Waals surface area contributed by atoms with E-state index in [1.807, 2.05) is 23.1 Å². The van der Waals surface area contributed by atoms with E-state index in [4.69, 9.17) is 4.52 Å². The van der Waals surface area contributed by atoms with Crippen molar-refractivity contribution in [3.8, 4) is 11.6 Å². The third kappa shape index (κ3) is 3.26. The molecule has 0 spiro atoms. The Morgan fingerprint density at radius 1 is 1.20 bits per heavy atom. The summed E-state index contributed by atoms with van der Waals surface area (Å²) in [4.78, 5) is 27.2. The highest BCUT2D eigenvalue weighted by Gasteiger charge is 2.28. The van der Waals surface area contributed by atoms with Gasteiger partial charge in [0.15, 0.2) is 5.82 Å². The zero-order valence-electron chi connectivity index (χ0n) is 13.6. The summed E-state index contributed by atoms with van der Waals surface area (Å²) in [6, 6.07) is 9.10. The molecule has 7 nitrogen and oxygen atoms in total. The molecular weight excluding hydrogens is 318 g/mol. The van der Waals surface area contributed by atoms with Gasteiger partial charge in [-0.1, -0.05) is 11.2 Å². The molecule has 3 aromatic heterocycles. The van der Waals surface area contributed by atoms with Gasteiger partial charge < -0.3 is 9.42 Å². The summed E-state index contributed by atoms with van der Waals surface area (Å²) in [5, 5.41) is 4.11. The Morgan fingerprint density at radius 2 is 2.16 bits per heavy atom. The molecule has 0 bridgehead atoms. The van der Waals surface area contributed by atoms with Crippen molar-refractivity contribution >= 4 is 5.91 Å². The topological polar surface area (TPSA) is 85.0 Å². The molecular formula is C18H17N5O2. The molecule has 0 aromatic carbocycles. The average molecular weight is 335 g/mol. The Labute approximate surface area is 144 Å². The summed E-state index contributed by atoms with van der Waals surface area (Å²) >= 11 is 0. The van der Waals surface area contributed by atoms with Gasteiger partial charge in [0.25, 0.3) is 11.8 Å². The number of carbonyl (C=O) groups is 1. The predicted molar refractivity (Wildman–Crippen MR) is 89.6 cm³/mol. The van der Waals surface area contributed by atoms with Crippen LogP contribution in [-0.2, 0) is 0 Å². The summed E-state index contributed by atoms with van der Waals surface area (Å²) in [5.74, 6) is 1.09. The SMILES string of the molecule is O=C(c1cccnc1)N1CCC[C@H](c2noc(-c3ccccn3)n2)C1. The molecule has 0 radical (unpaired) electrons. The van der Waals surface area contributed by atoms with E-state index in [2.05, 4.69) is 20.1 Å². The molecule has 0 saturated carbocycles. The largest absolute Gasteiger partial charge is 0.338 e. The van der Waals surface area contributed by atoms with Gasteiger partial charge in [0.1, 0.15) is 5.69 Å². The van der Waals surface area contributed by atoms with Crippen LogP contribution in [0, 0.1) is 0 Å². The fourth-order valence-electron chi connectivity index (χ4n) is 3.04. The van der Waals surface area contributed by atoms with E-state index in [1.165, 1.54) is 0 Å². The van der Waals surface area contributed by atoms with Gasteiger partial charge in [-0.2, -0.15) is 4.98 Å². The van der Waals surface area contributed by atoms with E-state index >= 15 is 0 Å². The molecule has 7 heteroatoms. The number of hydrogen-bond acceptors (Lipinski definition) is 6. The maximum absolute atomic E-state index is 12.6. The van der Waals surface area contributed by atoms with Crippen molar-refractivity contribution in [1.82, 2.24) is 25.0 Å². The molecule has 3 aromatic rings. The summed E-state index contributed by atoms with van der Waals surface area (Å²) in [6.45, 7) is 1.31. The first-order valence-corrected chi connectivity index (χ1v) is 8.25. The second kappa shape index (κ2) is 6.80. The average Bonchev–Trinajstić information content (AvgIpc) is 3.19. The van der Waals surface area contributed by atoms with Crippen LogP contribution in [0.1, 0.15) is 34.9 Å². The van der Waals surface area contributed by atoms with Crippen LogP contribution in [0.2, 0.25) is 0 Å². The van der Waals surface area contributed by atoms with Crippen LogP contribution in [0.4, 0.5) is 0 Å². The second-order valence-corrected chi connectivity index (χ2v) is 6.00. The monoisotopic (exact) mass is 335 g/mol. The molecule has 4 rings (SSSR count). The fourth-order valence-corrected chi connectivity index (χ4v) is 3.04. The van der Waals surface area contributed by atoms with Gasteiger partial charge >= 0.3 is 0 Å². The molecule has 4 heterocycles. The molecule has 126 valence electrons. The number of carbonyl (C=O) groups excluding carboxylic acids is 1.